The van der Waals surface area contributed by atoms with E-state index in [1.807, 2.05) is 12.1 Å². The van der Waals surface area contributed by atoms with Gasteiger partial charge in [0.1, 0.15) is 18.4 Å². The van der Waals surface area contributed by atoms with Gasteiger partial charge in [-0.1, -0.05) is 83.3 Å². The van der Waals surface area contributed by atoms with E-state index in [0.717, 1.165) is 44.9 Å². The predicted octanol–water partition coefficient (Wildman–Crippen LogP) is 1.08. The number of aliphatic hydroxyl groups is 1. The van der Waals surface area contributed by atoms with Gasteiger partial charge in [-0.2, -0.15) is 0 Å². The van der Waals surface area contributed by atoms with Crippen molar-refractivity contribution in [2.75, 3.05) is 44.7 Å². The third-order valence-electron chi connectivity index (χ3n) is 6.31. The minimum Gasteiger partial charge on any atom is -1.00 e. The fourth-order valence-electron chi connectivity index (χ4n) is 4.46. The highest BCUT2D eigenvalue weighted by atomic mass is 35.5. The van der Waals surface area contributed by atoms with Gasteiger partial charge in [-0.15, -0.1) is 0 Å². The fourth-order valence-corrected chi connectivity index (χ4v) is 4.46. The zero-order valence-electron chi connectivity index (χ0n) is 19.4. The molecule has 1 atom stereocenters. The van der Waals surface area contributed by atoms with Crippen LogP contribution in [0.4, 0.5) is 5.69 Å². The molecule has 0 spiro atoms. The smallest absolute Gasteiger partial charge is 0.142 e. The highest BCUT2D eigenvalue weighted by Gasteiger charge is 2.23. The van der Waals surface area contributed by atoms with Gasteiger partial charge >= 0.3 is 0 Å². The first-order valence-electron chi connectivity index (χ1n) is 12.1. The lowest BCUT2D eigenvalue weighted by atomic mass is 10.0. The summed E-state index contributed by atoms with van der Waals surface area (Å²) in [6.07, 6.45) is 14.4. The minimum atomic E-state index is -0.142. The first-order chi connectivity index (χ1) is 14.2. The van der Waals surface area contributed by atoms with Crippen molar-refractivity contribution in [1.29, 1.82) is 0 Å². The first-order valence-corrected chi connectivity index (χ1v) is 12.1. The molecular formula is C25H45ClN2O2. The summed E-state index contributed by atoms with van der Waals surface area (Å²) in [6, 6.07) is 8.27. The number of aliphatic hydroxyl groups excluding tert-OH is 1. The molecule has 1 aliphatic heterocycles. The summed E-state index contributed by atoms with van der Waals surface area (Å²) >= 11 is 0. The number of anilines is 1. The van der Waals surface area contributed by atoms with Gasteiger partial charge in [0.25, 0.3) is 0 Å². The molecule has 1 fully saturated rings. The van der Waals surface area contributed by atoms with Gasteiger partial charge in [-0.3, -0.25) is 0 Å². The van der Waals surface area contributed by atoms with Crippen LogP contribution in [0.2, 0.25) is 0 Å². The van der Waals surface area contributed by atoms with Crippen LogP contribution >= 0.6 is 0 Å². The number of ether oxygens (including phenoxy) is 1. The Labute approximate surface area is 191 Å². The normalized spacial score (nSPS) is 15.6. The molecule has 2 N–H and O–H groups in total. The zero-order chi connectivity index (χ0) is 20.7. The number of quaternary nitrogens is 1. The van der Waals surface area contributed by atoms with Crippen molar-refractivity contribution in [2.24, 2.45) is 0 Å². The molecule has 1 saturated heterocycles. The lowest BCUT2D eigenvalue weighted by Crippen LogP contribution is -3.15. The van der Waals surface area contributed by atoms with Crippen LogP contribution in [0.15, 0.2) is 24.3 Å². The lowest BCUT2D eigenvalue weighted by molar-refractivity contribution is -0.903. The Morgan fingerprint density at radius 3 is 2.10 bits per heavy atom. The summed E-state index contributed by atoms with van der Waals surface area (Å²) in [7, 11) is 1.74. The van der Waals surface area contributed by atoms with E-state index in [9.17, 15) is 5.11 Å². The van der Waals surface area contributed by atoms with E-state index in [4.69, 9.17) is 4.74 Å². The maximum Gasteiger partial charge on any atom is 0.142 e. The summed E-state index contributed by atoms with van der Waals surface area (Å²) in [5.74, 6) is 0.956. The monoisotopic (exact) mass is 440 g/mol. The van der Waals surface area contributed by atoms with Gasteiger partial charge in [0.05, 0.1) is 39.0 Å². The van der Waals surface area contributed by atoms with Crippen LogP contribution in [-0.4, -0.2) is 51.0 Å². The molecule has 1 aliphatic rings. The number of para-hydroxylation sites is 2. The highest BCUT2D eigenvalue weighted by molar-refractivity contribution is 5.58. The Balaban J connectivity index is 0.00000450. The number of unbranched alkanes of at least 4 members (excludes halogenated alkanes) is 9. The Hall–Kier alpha value is -0.970. The number of nitrogens with zero attached hydrogens (tertiary/aromatic N) is 1. The standard InChI is InChI=1S/C25H44N2O2.ClH/c1-3-4-5-6-7-8-9-10-11-12-15-23(28)22-26-18-20-27(21-19-26)24-16-13-14-17-25(24)29-2;/h13-14,16-17,23,28H,3-12,15,18-22H2,1-2H3;1H. The third kappa shape index (κ3) is 10.4. The van der Waals surface area contributed by atoms with Gasteiger partial charge in [0.15, 0.2) is 0 Å². The van der Waals surface area contributed by atoms with Gasteiger partial charge in [-0.25, -0.2) is 0 Å². The number of rotatable bonds is 15. The largest absolute Gasteiger partial charge is 1.00 e. The van der Waals surface area contributed by atoms with Crippen molar-refractivity contribution in [3.63, 3.8) is 0 Å². The van der Waals surface area contributed by atoms with Crippen LogP contribution < -0.4 is 26.9 Å². The summed E-state index contributed by atoms with van der Waals surface area (Å²) in [6.45, 7) is 7.41. The van der Waals surface area contributed by atoms with Gasteiger partial charge < -0.3 is 32.1 Å². The lowest BCUT2D eigenvalue weighted by Gasteiger charge is -2.35. The van der Waals surface area contributed by atoms with Crippen LogP contribution in [0.1, 0.15) is 77.6 Å². The summed E-state index contributed by atoms with van der Waals surface area (Å²) in [5.41, 5.74) is 1.19. The van der Waals surface area contributed by atoms with Crippen LogP contribution in [-0.2, 0) is 0 Å². The summed E-state index contributed by atoms with van der Waals surface area (Å²) in [4.78, 5) is 3.95. The zero-order valence-corrected chi connectivity index (χ0v) is 20.1. The van der Waals surface area contributed by atoms with Crippen molar-refractivity contribution >= 4 is 5.69 Å². The summed E-state index contributed by atoms with van der Waals surface area (Å²) < 4.78 is 5.50. The van der Waals surface area contributed by atoms with Crippen molar-refractivity contribution in [2.45, 2.75) is 83.7 Å². The molecule has 4 nitrogen and oxygen atoms in total. The fraction of sp³-hybridized carbons (Fsp3) is 0.760. The molecule has 0 aliphatic carbocycles. The van der Waals surface area contributed by atoms with E-state index >= 15 is 0 Å². The van der Waals surface area contributed by atoms with Crippen LogP contribution in [0.3, 0.4) is 0 Å². The van der Waals surface area contributed by atoms with Crippen molar-refractivity contribution < 1.29 is 27.2 Å². The van der Waals surface area contributed by atoms with Crippen molar-refractivity contribution in [3.05, 3.63) is 24.3 Å². The SMILES string of the molecule is CCCCCCCCCCCCC(O)C[NH+]1CCN(c2ccccc2OC)CC1.[Cl-]. The average molecular weight is 441 g/mol. The Morgan fingerprint density at radius 1 is 0.933 bits per heavy atom. The van der Waals surface area contributed by atoms with Gasteiger partial charge in [0, 0.05) is 0 Å². The van der Waals surface area contributed by atoms with E-state index in [1.54, 1.807) is 7.11 Å². The molecule has 30 heavy (non-hydrogen) atoms. The summed E-state index contributed by atoms with van der Waals surface area (Å²) in [5, 5.41) is 10.4. The number of benzene rings is 1. The molecule has 1 aromatic carbocycles. The number of methoxy groups -OCH3 is 1. The van der Waals surface area contributed by atoms with Crippen LogP contribution in [0.25, 0.3) is 0 Å². The molecule has 1 heterocycles. The Morgan fingerprint density at radius 2 is 1.50 bits per heavy atom. The Bertz CT molecular complexity index is 536. The number of hydrogen-bond acceptors (Lipinski definition) is 3. The molecule has 2 rings (SSSR count). The predicted molar refractivity (Wildman–Crippen MR) is 123 cm³/mol. The van der Waals surface area contributed by atoms with E-state index in [0.29, 0.717) is 0 Å². The highest BCUT2D eigenvalue weighted by Crippen LogP contribution is 2.27. The molecule has 0 bridgehead atoms. The molecule has 0 radical (unpaired) electrons. The molecule has 1 unspecified atom stereocenters. The number of nitrogens with one attached hydrogen (secondary N) is 1. The molecule has 0 amide bonds. The van der Waals surface area contributed by atoms with Crippen molar-refractivity contribution in [3.8, 4) is 5.75 Å². The van der Waals surface area contributed by atoms with E-state index in [1.165, 1.54) is 74.8 Å². The second kappa shape index (κ2) is 16.7. The minimum absolute atomic E-state index is 0. The van der Waals surface area contributed by atoms with E-state index in [2.05, 4.69) is 24.0 Å². The number of halogens is 1. The second-order valence-corrected chi connectivity index (χ2v) is 8.74. The first kappa shape index (κ1) is 27.1. The van der Waals surface area contributed by atoms with Crippen LogP contribution in [0.5, 0.6) is 5.75 Å². The van der Waals surface area contributed by atoms with Gasteiger partial charge in [-0.05, 0) is 18.6 Å². The maximum absolute atomic E-state index is 10.4. The Kier molecular flexibility index (Phi) is 15.1. The molecule has 1 aromatic rings. The molecule has 0 aromatic heterocycles. The molecular weight excluding hydrogens is 396 g/mol. The average Bonchev–Trinajstić information content (AvgIpc) is 2.75. The van der Waals surface area contributed by atoms with Gasteiger partial charge in [0.2, 0.25) is 0 Å². The van der Waals surface area contributed by atoms with E-state index in [-0.39, 0.29) is 18.5 Å². The van der Waals surface area contributed by atoms with E-state index < -0.39 is 0 Å². The topological polar surface area (TPSA) is 37.1 Å². The molecule has 174 valence electrons. The number of hydrogen-bond donors (Lipinski definition) is 2. The quantitative estimate of drug-likeness (QED) is 0.401. The van der Waals surface area contributed by atoms with Crippen LogP contribution in [0, 0.1) is 0 Å². The molecule has 5 heteroatoms. The molecule has 0 saturated carbocycles. The van der Waals surface area contributed by atoms with Crippen molar-refractivity contribution in [1.82, 2.24) is 0 Å². The second-order valence-electron chi connectivity index (χ2n) is 8.74. The maximum atomic E-state index is 10.4. The number of piperazine rings is 1. The third-order valence-corrected chi connectivity index (χ3v) is 6.31.